The predicted molar refractivity (Wildman–Crippen MR) is 65.6 cm³/mol. The Morgan fingerprint density at radius 2 is 1.50 bits per heavy atom. The number of rotatable bonds is 8. The molecule has 0 radical (unpaired) electrons. The molecular weight excluding hydrogens is 170 g/mol. The zero-order valence-corrected chi connectivity index (χ0v) is 10.8. The van der Waals surface area contributed by atoms with Gasteiger partial charge in [-0.3, -0.25) is 0 Å². The van der Waals surface area contributed by atoms with Crippen molar-refractivity contribution in [3.05, 3.63) is 0 Å². The molecule has 1 nitrogen and oxygen atoms in total. The van der Waals surface area contributed by atoms with Gasteiger partial charge < -0.3 is 5.32 Å². The summed E-state index contributed by atoms with van der Waals surface area (Å²) in [6, 6.07) is 0. The van der Waals surface area contributed by atoms with Gasteiger partial charge in [0.1, 0.15) is 0 Å². The van der Waals surface area contributed by atoms with Gasteiger partial charge in [-0.25, -0.2) is 0 Å². The molecule has 14 heavy (non-hydrogen) atoms. The van der Waals surface area contributed by atoms with Crippen molar-refractivity contribution >= 4 is 0 Å². The van der Waals surface area contributed by atoms with Crippen molar-refractivity contribution in [2.75, 3.05) is 13.1 Å². The van der Waals surface area contributed by atoms with Crippen molar-refractivity contribution in [1.29, 1.82) is 0 Å². The normalized spacial score (nSPS) is 15.9. The molecule has 0 heterocycles. The summed E-state index contributed by atoms with van der Waals surface area (Å²) in [6.45, 7) is 13.9. The van der Waals surface area contributed by atoms with Crippen LogP contribution >= 0.6 is 0 Å². The van der Waals surface area contributed by atoms with Crippen LogP contribution in [0.5, 0.6) is 0 Å². The molecule has 1 heteroatoms. The van der Waals surface area contributed by atoms with E-state index in [9.17, 15) is 0 Å². The van der Waals surface area contributed by atoms with Crippen LogP contribution in [0.3, 0.4) is 0 Å². The molecule has 86 valence electrons. The lowest BCUT2D eigenvalue weighted by Crippen LogP contribution is -2.23. The summed E-state index contributed by atoms with van der Waals surface area (Å²) >= 11 is 0. The van der Waals surface area contributed by atoms with E-state index in [1.807, 2.05) is 0 Å². The smallest absolute Gasteiger partial charge is 0.00258 e. The SMILES string of the molecule is CCCC(C)C(C)CCNCC(C)C. The lowest BCUT2D eigenvalue weighted by atomic mass is 9.89. The van der Waals surface area contributed by atoms with E-state index in [0.717, 1.165) is 24.3 Å². The van der Waals surface area contributed by atoms with E-state index < -0.39 is 0 Å². The molecule has 0 bridgehead atoms. The molecule has 0 saturated heterocycles. The van der Waals surface area contributed by atoms with Gasteiger partial charge in [0.15, 0.2) is 0 Å². The quantitative estimate of drug-likeness (QED) is 0.588. The first-order chi connectivity index (χ1) is 6.57. The molecule has 0 aliphatic rings. The Bertz CT molecular complexity index is 120. The van der Waals surface area contributed by atoms with Crippen LogP contribution in [0.1, 0.15) is 53.9 Å². The Kier molecular flexibility index (Phi) is 8.26. The number of hydrogen-bond acceptors (Lipinski definition) is 1. The van der Waals surface area contributed by atoms with E-state index in [0.29, 0.717) is 0 Å². The molecule has 0 spiro atoms. The standard InChI is InChI=1S/C13H29N/c1-6-7-12(4)13(5)8-9-14-10-11(2)3/h11-14H,6-10H2,1-5H3. The van der Waals surface area contributed by atoms with E-state index in [-0.39, 0.29) is 0 Å². The van der Waals surface area contributed by atoms with Crippen molar-refractivity contribution in [3.63, 3.8) is 0 Å². The predicted octanol–water partition coefficient (Wildman–Crippen LogP) is 3.69. The number of nitrogens with one attached hydrogen (secondary N) is 1. The molecule has 0 aromatic heterocycles. The van der Waals surface area contributed by atoms with Crippen molar-refractivity contribution in [2.24, 2.45) is 17.8 Å². The minimum Gasteiger partial charge on any atom is -0.316 e. The van der Waals surface area contributed by atoms with Gasteiger partial charge >= 0.3 is 0 Å². The molecule has 2 unspecified atom stereocenters. The van der Waals surface area contributed by atoms with Crippen LogP contribution in [0.15, 0.2) is 0 Å². The van der Waals surface area contributed by atoms with Crippen molar-refractivity contribution in [2.45, 2.75) is 53.9 Å². The minimum absolute atomic E-state index is 0.776. The summed E-state index contributed by atoms with van der Waals surface area (Å²) in [6.07, 6.45) is 4.03. The molecule has 0 rings (SSSR count). The number of hydrogen-bond donors (Lipinski definition) is 1. The van der Waals surface area contributed by atoms with Crippen LogP contribution in [0.2, 0.25) is 0 Å². The van der Waals surface area contributed by atoms with Crippen LogP contribution in [0, 0.1) is 17.8 Å². The summed E-state index contributed by atoms with van der Waals surface area (Å²) < 4.78 is 0. The van der Waals surface area contributed by atoms with Gasteiger partial charge in [0, 0.05) is 0 Å². The maximum Gasteiger partial charge on any atom is -0.00258 e. The van der Waals surface area contributed by atoms with E-state index in [2.05, 4.69) is 39.9 Å². The van der Waals surface area contributed by atoms with Gasteiger partial charge in [-0.2, -0.15) is 0 Å². The Morgan fingerprint density at radius 3 is 2.00 bits per heavy atom. The third kappa shape index (κ3) is 7.37. The van der Waals surface area contributed by atoms with Gasteiger partial charge in [0.2, 0.25) is 0 Å². The Morgan fingerprint density at radius 1 is 0.929 bits per heavy atom. The minimum atomic E-state index is 0.776. The summed E-state index contributed by atoms with van der Waals surface area (Å²) in [5, 5.41) is 3.51. The average molecular weight is 199 g/mol. The van der Waals surface area contributed by atoms with Crippen LogP contribution in [-0.2, 0) is 0 Å². The largest absolute Gasteiger partial charge is 0.316 e. The fourth-order valence-corrected chi connectivity index (χ4v) is 1.74. The summed E-state index contributed by atoms with van der Waals surface area (Å²) in [5.74, 6) is 2.54. The molecule has 0 fully saturated rings. The van der Waals surface area contributed by atoms with Gasteiger partial charge in [-0.05, 0) is 37.3 Å². The third-order valence-electron chi connectivity index (χ3n) is 3.04. The van der Waals surface area contributed by atoms with Crippen LogP contribution in [-0.4, -0.2) is 13.1 Å². The molecular formula is C13H29N. The zero-order chi connectivity index (χ0) is 11.0. The second kappa shape index (κ2) is 8.28. The molecule has 0 aliphatic carbocycles. The zero-order valence-electron chi connectivity index (χ0n) is 10.8. The maximum atomic E-state index is 3.51. The van der Waals surface area contributed by atoms with Crippen LogP contribution in [0.4, 0.5) is 0 Å². The lowest BCUT2D eigenvalue weighted by Gasteiger charge is -2.19. The van der Waals surface area contributed by atoms with Gasteiger partial charge in [-0.1, -0.05) is 47.5 Å². The van der Waals surface area contributed by atoms with E-state index >= 15 is 0 Å². The lowest BCUT2D eigenvalue weighted by molar-refractivity contribution is 0.334. The Balaban J connectivity index is 3.38. The molecule has 0 aromatic rings. The summed E-state index contributed by atoms with van der Waals surface area (Å²) in [7, 11) is 0. The van der Waals surface area contributed by atoms with E-state index in [4.69, 9.17) is 0 Å². The molecule has 0 aromatic carbocycles. The van der Waals surface area contributed by atoms with Crippen molar-refractivity contribution in [3.8, 4) is 0 Å². The summed E-state index contributed by atoms with van der Waals surface area (Å²) in [4.78, 5) is 0. The fourth-order valence-electron chi connectivity index (χ4n) is 1.74. The highest BCUT2D eigenvalue weighted by molar-refractivity contribution is 4.63. The van der Waals surface area contributed by atoms with Gasteiger partial charge in [0.05, 0.1) is 0 Å². The monoisotopic (exact) mass is 199 g/mol. The van der Waals surface area contributed by atoms with Crippen molar-refractivity contribution in [1.82, 2.24) is 5.32 Å². The Labute approximate surface area is 90.7 Å². The fraction of sp³-hybridized carbons (Fsp3) is 1.00. The summed E-state index contributed by atoms with van der Waals surface area (Å²) in [5.41, 5.74) is 0. The highest BCUT2D eigenvalue weighted by Crippen LogP contribution is 2.19. The van der Waals surface area contributed by atoms with Crippen molar-refractivity contribution < 1.29 is 0 Å². The average Bonchev–Trinajstić information content (AvgIpc) is 2.12. The molecule has 1 N–H and O–H groups in total. The van der Waals surface area contributed by atoms with Gasteiger partial charge in [0.25, 0.3) is 0 Å². The molecule has 0 amide bonds. The van der Waals surface area contributed by atoms with E-state index in [1.165, 1.54) is 25.8 Å². The highest BCUT2D eigenvalue weighted by atomic mass is 14.8. The maximum absolute atomic E-state index is 3.51. The third-order valence-corrected chi connectivity index (χ3v) is 3.04. The first kappa shape index (κ1) is 14.0. The van der Waals surface area contributed by atoms with Crippen LogP contribution < -0.4 is 5.32 Å². The first-order valence-corrected chi connectivity index (χ1v) is 6.28. The second-order valence-electron chi connectivity index (χ2n) is 5.13. The second-order valence-corrected chi connectivity index (χ2v) is 5.13. The molecule has 0 aliphatic heterocycles. The van der Waals surface area contributed by atoms with Crippen LogP contribution in [0.25, 0.3) is 0 Å². The van der Waals surface area contributed by atoms with Gasteiger partial charge in [-0.15, -0.1) is 0 Å². The molecule has 0 saturated carbocycles. The topological polar surface area (TPSA) is 12.0 Å². The first-order valence-electron chi connectivity index (χ1n) is 6.28. The molecule has 2 atom stereocenters. The highest BCUT2D eigenvalue weighted by Gasteiger charge is 2.10. The Hall–Kier alpha value is -0.0400. The van der Waals surface area contributed by atoms with E-state index in [1.54, 1.807) is 0 Å².